The Morgan fingerprint density at radius 1 is 1.22 bits per heavy atom. The van der Waals surface area contributed by atoms with E-state index >= 15 is 0 Å². The molecule has 0 spiro atoms. The maximum atomic E-state index is 12.8. The third-order valence-corrected chi connectivity index (χ3v) is 4.32. The van der Waals surface area contributed by atoms with Crippen LogP contribution in [0.25, 0.3) is 5.69 Å². The van der Waals surface area contributed by atoms with Gasteiger partial charge in [0, 0.05) is 35.8 Å². The van der Waals surface area contributed by atoms with Gasteiger partial charge >= 0.3 is 0 Å². The van der Waals surface area contributed by atoms with E-state index in [0.717, 1.165) is 29.1 Å². The predicted molar refractivity (Wildman–Crippen MR) is 85.5 cm³/mol. The molecule has 116 valence electrons. The number of carbonyl (C=O) groups excluding carboxylic acids is 1. The maximum absolute atomic E-state index is 12.8. The lowest BCUT2D eigenvalue weighted by molar-refractivity contribution is 0.0716. The van der Waals surface area contributed by atoms with Gasteiger partial charge in [-0.1, -0.05) is 11.2 Å². The van der Waals surface area contributed by atoms with Crippen molar-refractivity contribution in [3.63, 3.8) is 0 Å². The Morgan fingerprint density at radius 2 is 2.04 bits per heavy atom. The zero-order chi connectivity index (χ0) is 15.8. The van der Waals surface area contributed by atoms with E-state index in [0.29, 0.717) is 18.7 Å². The molecule has 2 aromatic heterocycles. The van der Waals surface area contributed by atoms with Crippen molar-refractivity contribution >= 4 is 5.91 Å². The second-order valence-electron chi connectivity index (χ2n) is 5.79. The lowest BCUT2D eigenvalue weighted by Gasteiger charge is -2.26. The van der Waals surface area contributed by atoms with Gasteiger partial charge in [0.05, 0.1) is 12.2 Å². The van der Waals surface area contributed by atoms with E-state index in [1.807, 2.05) is 65.2 Å². The fraction of sp³-hybridized carbons (Fsp3) is 0.222. The summed E-state index contributed by atoms with van der Waals surface area (Å²) in [4.78, 5) is 14.6. The first kappa shape index (κ1) is 13.8. The zero-order valence-corrected chi connectivity index (χ0v) is 12.9. The van der Waals surface area contributed by atoms with Crippen LogP contribution < -0.4 is 0 Å². The third kappa shape index (κ3) is 2.44. The van der Waals surface area contributed by atoms with Crippen molar-refractivity contribution in [1.82, 2.24) is 14.6 Å². The van der Waals surface area contributed by atoms with Crippen LogP contribution in [0.1, 0.15) is 27.4 Å². The molecule has 3 heterocycles. The number of hydrogen-bond acceptors (Lipinski definition) is 3. The topological polar surface area (TPSA) is 51.3 Å². The molecule has 0 bridgehead atoms. The molecule has 0 N–H and O–H groups in total. The van der Waals surface area contributed by atoms with Gasteiger partial charge in [-0.15, -0.1) is 0 Å². The van der Waals surface area contributed by atoms with Crippen molar-refractivity contribution in [2.75, 3.05) is 6.54 Å². The molecule has 23 heavy (non-hydrogen) atoms. The standard InChI is InChI=1S/C18H17N3O2/c1-13-16-7-10-21(12-17(16)23-19-13)18(22)14-5-4-6-15(11-14)20-8-2-3-9-20/h2-6,8-9,11H,7,10,12H2,1H3. The normalized spacial score (nSPS) is 13.9. The summed E-state index contributed by atoms with van der Waals surface area (Å²) in [5, 5.41) is 4.00. The summed E-state index contributed by atoms with van der Waals surface area (Å²) >= 11 is 0. The molecule has 0 aliphatic carbocycles. The minimum absolute atomic E-state index is 0.0266. The van der Waals surface area contributed by atoms with Crippen molar-refractivity contribution in [2.45, 2.75) is 19.9 Å². The van der Waals surface area contributed by atoms with E-state index in [-0.39, 0.29) is 5.91 Å². The summed E-state index contributed by atoms with van der Waals surface area (Å²) in [6.45, 7) is 3.13. The molecule has 3 aromatic rings. The Bertz CT molecular complexity index is 849. The Kier molecular flexibility index (Phi) is 3.26. The van der Waals surface area contributed by atoms with E-state index in [1.165, 1.54) is 0 Å². The highest BCUT2D eigenvalue weighted by Crippen LogP contribution is 2.23. The van der Waals surface area contributed by atoms with E-state index in [1.54, 1.807) is 0 Å². The zero-order valence-electron chi connectivity index (χ0n) is 12.9. The number of benzene rings is 1. The predicted octanol–water partition coefficient (Wildman–Crippen LogP) is 2.97. The van der Waals surface area contributed by atoms with Gasteiger partial charge in [-0.05, 0) is 43.7 Å². The molecule has 0 saturated heterocycles. The highest BCUT2D eigenvalue weighted by Gasteiger charge is 2.26. The summed E-state index contributed by atoms with van der Waals surface area (Å²) in [6, 6.07) is 11.6. The molecule has 1 aromatic carbocycles. The second-order valence-corrected chi connectivity index (χ2v) is 5.79. The van der Waals surface area contributed by atoms with E-state index in [2.05, 4.69) is 5.16 Å². The first-order valence-electron chi connectivity index (χ1n) is 7.69. The fourth-order valence-electron chi connectivity index (χ4n) is 3.04. The summed E-state index contributed by atoms with van der Waals surface area (Å²) in [5.74, 6) is 0.836. The van der Waals surface area contributed by atoms with Crippen LogP contribution in [0.3, 0.4) is 0 Å². The van der Waals surface area contributed by atoms with Gasteiger partial charge in [-0.2, -0.15) is 0 Å². The number of hydrogen-bond donors (Lipinski definition) is 0. The van der Waals surface area contributed by atoms with Crippen LogP contribution in [-0.4, -0.2) is 27.1 Å². The quantitative estimate of drug-likeness (QED) is 0.731. The van der Waals surface area contributed by atoms with Crippen LogP contribution in [-0.2, 0) is 13.0 Å². The van der Waals surface area contributed by atoms with Gasteiger partial charge in [0.1, 0.15) is 0 Å². The average Bonchev–Trinajstić information content (AvgIpc) is 3.24. The van der Waals surface area contributed by atoms with Crippen LogP contribution in [0.4, 0.5) is 0 Å². The number of aryl methyl sites for hydroxylation is 1. The van der Waals surface area contributed by atoms with Crippen LogP contribution in [0, 0.1) is 6.92 Å². The molecule has 1 aliphatic rings. The lowest BCUT2D eigenvalue weighted by atomic mass is 10.0. The monoisotopic (exact) mass is 307 g/mol. The number of aromatic nitrogens is 2. The van der Waals surface area contributed by atoms with E-state index < -0.39 is 0 Å². The molecule has 0 atom stereocenters. The lowest BCUT2D eigenvalue weighted by Crippen LogP contribution is -2.35. The number of amides is 1. The molecular weight excluding hydrogens is 290 g/mol. The smallest absolute Gasteiger partial charge is 0.254 e. The molecule has 0 radical (unpaired) electrons. The largest absolute Gasteiger partial charge is 0.359 e. The number of nitrogens with zero attached hydrogens (tertiary/aromatic N) is 3. The Labute approximate surface area is 134 Å². The Morgan fingerprint density at radius 3 is 2.87 bits per heavy atom. The molecule has 0 saturated carbocycles. The summed E-state index contributed by atoms with van der Waals surface area (Å²) in [7, 11) is 0. The first-order valence-corrected chi connectivity index (χ1v) is 7.69. The van der Waals surface area contributed by atoms with Crippen molar-refractivity contribution in [3.05, 3.63) is 71.4 Å². The third-order valence-electron chi connectivity index (χ3n) is 4.32. The van der Waals surface area contributed by atoms with E-state index in [9.17, 15) is 4.79 Å². The van der Waals surface area contributed by atoms with Gasteiger partial charge in [0.2, 0.25) is 0 Å². The van der Waals surface area contributed by atoms with Crippen molar-refractivity contribution in [3.8, 4) is 5.69 Å². The summed E-state index contributed by atoms with van der Waals surface area (Å²) < 4.78 is 7.33. The minimum atomic E-state index is 0.0266. The highest BCUT2D eigenvalue weighted by molar-refractivity contribution is 5.94. The minimum Gasteiger partial charge on any atom is -0.359 e. The van der Waals surface area contributed by atoms with Gasteiger partial charge in [-0.25, -0.2) is 0 Å². The number of fused-ring (bicyclic) bond motifs is 1. The highest BCUT2D eigenvalue weighted by atomic mass is 16.5. The molecular formula is C18H17N3O2. The molecule has 5 heteroatoms. The van der Waals surface area contributed by atoms with Crippen LogP contribution in [0.2, 0.25) is 0 Å². The van der Waals surface area contributed by atoms with Crippen LogP contribution >= 0.6 is 0 Å². The molecule has 4 rings (SSSR count). The fourth-order valence-corrected chi connectivity index (χ4v) is 3.04. The average molecular weight is 307 g/mol. The molecule has 1 aliphatic heterocycles. The van der Waals surface area contributed by atoms with Gasteiger partial charge in [0.25, 0.3) is 5.91 Å². The van der Waals surface area contributed by atoms with Crippen LogP contribution in [0.5, 0.6) is 0 Å². The van der Waals surface area contributed by atoms with Gasteiger partial charge in [-0.3, -0.25) is 4.79 Å². The van der Waals surface area contributed by atoms with Crippen LogP contribution in [0.15, 0.2) is 53.3 Å². The second kappa shape index (κ2) is 5.43. The molecule has 0 unspecified atom stereocenters. The SMILES string of the molecule is Cc1noc2c1CCN(C(=O)c1cccc(-n3cccc3)c1)C2. The Hall–Kier alpha value is -2.82. The molecule has 5 nitrogen and oxygen atoms in total. The summed E-state index contributed by atoms with van der Waals surface area (Å²) in [5.41, 5.74) is 3.75. The van der Waals surface area contributed by atoms with Crippen molar-refractivity contribution in [1.29, 1.82) is 0 Å². The molecule has 1 amide bonds. The number of carbonyl (C=O) groups is 1. The van der Waals surface area contributed by atoms with Crippen molar-refractivity contribution in [2.24, 2.45) is 0 Å². The van der Waals surface area contributed by atoms with E-state index in [4.69, 9.17) is 4.52 Å². The first-order chi connectivity index (χ1) is 11.2. The molecule has 0 fully saturated rings. The maximum Gasteiger partial charge on any atom is 0.254 e. The van der Waals surface area contributed by atoms with Gasteiger partial charge < -0.3 is 14.0 Å². The van der Waals surface area contributed by atoms with Gasteiger partial charge in [0.15, 0.2) is 5.76 Å². The van der Waals surface area contributed by atoms with Crippen molar-refractivity contribution < 1.29 is 9.32 Å². The number of rotatable bonds is 2. The Balaban J connectivity index is 1.59. The summed E-state index contributed by atoms with van der Waals surface area (Å²) in [6.07, 6.45) is 4.73.